The molecule has 43 heavy (non-hydrogen) atoms. The largest absolute Gasteiger partial charge is 0.488 e. The number of nitrogens with zero attached hydrogens (tertiary/aromatic N) is 2. The van der Waals surface area contributed by atoms with Gasteiger partial charge in [0.1, 0.15) is 11.9 Å². The Balaban J connectivity index is 1.68. The fourth-order valence-electron chi connectivity index (χ4n) is 4.78. The third kappa shape index (κ3) is 7.68. The molecule has 1 aliphatic heterocycles. The molecule has 13 heteroatoms. The maximum atomic E-state index is 13.5. The van der Waals surface area contributed by atoms with Gasteiger partial charge >= 0.3 is 0 Å². The van der Waals surface area contributed by atoms with E-state index in [-0.39, 0.29) is 53.4 Å². The first kappa shape index (κ1) is 32.7. The molecule has 3 aromatic carbocycles. The summed E-state index contributed by atoms with van der Waals surface area (Å²) in [6.07, 6.45) is -0.799. The van der Waals surface area contributed by atoms with Gasteiger partial charge in [0.2, 0.25) is 15.9 Å². The Morgan fingerprint density at radius 1 is 1.05 bits per heavy atom. The van der Waals surface area contributed by atoms with Gasteiger partial charge in [0.05, 0.1) is 35.4 Å². The second kappa shape index (κ2) is 13.2. The number of fused-ring (bicyclic) bond motifs is 1. The molecule has 2 N–H and O–H groups in total. The van der Waals surface area contributed by atoms with Gasteiger partial charge in [-0.15, -0.1) is 0 Å². The lowest BCUT2D eigenvalue weighted by molar-refractivity contribution is -0.134. The Kier molecular flexibility index (Phi) is 10.1. The van der Waals surface area contributed by atoms with Crippen LogP contribution in [0.5, 0.6) is 5.75 Å². The number of halogens is 1. The molecule has 0 radical (unpaired) electrons. The van der Waals surface area contributed by atoms with Crippen LogP contribution in [0, 0.1) is 12.8 Å². The second-order valence-corrected chi connectivity index (χ2v) is 15.0. The summed E-state index contributed by atoms with van der Waals surface area (Å²) in [7, 11) is -6.31. The van der Waals surface area contributed by atoms with E-state index in [1.807, 2.05) is 13.8 Å². The number of carbonyl (C=O) groups is 1. The lowest BCUT2D eigenvalue weighted by Crippen LogP contribution is -2.48. The van der Waals surface area contributed by atoms with Crippen LogP contribution in [0.2, 0.25) is 5.02 Å². The number of aryl methyl sites for hydroxylation is 1. The third-order valence-electron chi connectivity index (χ3n) is 7.46. The van der Waals surface area contributed by atoms with Crippen molar-refractivity contribution in [3.63, 3.8) is 0 Å². The molecule has 0 saturated carbocycles. The van der Waals surface area contributed by atoms with E-state index in [1.165, 1.54) is 47.8 Å². The molecule has 1 heterocycles. The Hall–Kier alpha value is -3.16. The van der Waals surface area contributed by atoms with Crippen molar-refractivity contribution in [2.24, 2.45) is 5.92 Å². The van der Waals surface area contributed by atoms with E-state index in [0.717, 1.165) is 5.56 Å². The molecule has 0 bridgehead atoms. The summed E-state index contributed by atoms with van der Waals surface area (Å²) in [6, 6.07) is 16.4. The van der Waals surface area contributed by atoms with Crippen LogP contribution in [0.1, 0.15) is 25.0 Å². The molecule has 3 atom stereocenters. The van der Waals surface area contributed by atoms with Crippen LogP contribution in [0.15, 0.2) is 76.5 Å². The summed E-state index contributed by atoms with van der Waals surface area (Å²) < 4.78 is 62.9. The number of hydrogen-bond donors (Lipinski definition) is 2. The summed E-state index contributed by atoms with van der Waals surface area (Å²) in [5.41, 5.74) is 1.57. The monoisotopic (exact) mass is 649 g/mol. The molecule has 3 aromatic rings. The van der Waals surface area contributed by atoms with Gasteiger partial charge in [0.25, 0.3) is 10.0 Å². The number of rotatable bonds is 9. The van der Waals surface area contributed by atoms with Gasteiger partial charge in [-0.1, -0.05) is 36.2 Å². The fourth-order valence-corrected chi connectivity index (χ4v) is 7.14. The lowest BCUT2D eigenvalue weighted by atomic mass is 10.0. The highest BCUT2D eigenvalue weighted by molar-refractivity contribution is 7.92. The van der Waals surface area contributed by atoms with Gasteiger partial charge in [-0.2, -0.15) is 4.31 Å². The predicted octanol–water partition coefficient (Wildman–Crippen LogP) is 3.92. The summed E-state index contributed by atoms with van der Waals surface area (Å²) in [4.78, 5) is 15.2. The van der Waals surface area contributed by atoms with Crippen LogP contribution in [-0.4, -0.2) is 75.9 Å². The van der Waals surface area contributed by atoms with Crippen LogP contribution in [0.3, 0.4) is 0 Å². The molecule has 1 amide bonds. The quantitative estimate of drug-likeness (QED) is 0.359. The minimum absolute atomic E-state index is 0.0161. The zero-order valence-corrected chi connectivity index (χ0v) is 26.8. The number of nitrogens with one attached hydrogen (secondary N) is 1. The minimum Gasteiger partial charge on any atom is -0.488 e. The number of anilines is 1. The zero-order valence-electron chi connectivity index (χ0n) is 24.4. The number of amides is 1. The minimum atomic E-state index is -3.95. The van der Waals surface area contributed by atoms with Gasteiger partial charge in [-0.05, 0) is 68.4 Å². The number of carbonyl (C=O) groups excluding carboxylic acids is 1. The van der Waals surface area contributed by atoms with Crippen molar-refractivity contribution in [3.8, 4) is 5.75 Å². The topological polar surface area (TPSA) is 133 Å². The van der Waals surface area contributed by atoms with Crippen molar-refractivity contribution in [1.82, 2.24) is 9.21 Å². The molecule has 0 aliphatic carbocycles. The maximum Gasteiger partial charge on any atom is 0.261 e. The summed E-state index contributed by atoms with van der Waals surface area (Å²) in [5.74, 6) is -0.279. The predicted molar refractivity (Wildman–Crippen MR) is 165 cm³/mol. The number of likely N-dealkylation sites (N-methyl/N-ethyl adjacent to an activating group) is 1. The van der Waals surface area contributed by atoms with Crippen molar-refractivity contribution in [1.29, 1.82) is 0 Å². The fraction of sp³-hybridized carbons (Fsp3) is 0.367. The average Bonchev–Trinajstić information content (AvgIpc) is 3.00. The third-order valence-corrected chi connectivity index (χ3v) is 10.9. The Bertz CT molecular complexity index is 1660. The second-order valence-electron chi connectivity index (χ2n) is 10.9. The van der Waals surface area contributed by atoms with E-state index in [4.69, 9.17) is 16.3 Å². The van der Waals surface area contributed by atoms with E-state index in [0.29, 0.717) is 16.3 Å². The number of ether oxygens (including phenoxy) is 1. The van der Waals surface area contributed by atoms with Crippen molar-refractivity contribution in [3.05, 3.63) is 82.9 Å². The molecule has 0 unspecified atom stereocenters. The molecular weight excluding hydrogens is 614 g/mol. The zero-order chi connectivity index (χ0) is 31.5. The highest BCUT2D eigenvalue weighted by Gasteiger charge is 2.33. The van der Waals surface area contributed by atoms with Gasteiger partial charge < -0.3 is 14.7 Å². The van der Waals surface area contributed by atoms with Crippen LogP contribution in [-0.2, 0) is 31.3 Å². The lowest BCUT2D eigenvalue weighted by Gasteiger charge is -2.33. The SMILES string of the molecule is Cc1ccc(S(=O)(=O)N(C)C[C@H]2Oc3ccc(NS(=O)(=O)c4ccc(Cl)cc4)cc3CC(=O)N([C@@H](C)CO)C[C@H]2C)cc1. The van der Waals surface area contributed by atoms with E-state index in [2.05, 4.69) is 4.72 Å². The Labute approximate surface area is 258 Å². The highest BCUT2D eigenvalue weighted by atomic mass is 35.5. The summed E-state index contributed by atoms with van der Waals surface area (Å²) in [5, 5.41) is 10.3. The first-order valence-corrected chi connectivity index (χ1v) is 17.0. The summed E-state index contributed by atoms with van der Waals surface area (Å²) >= 11 is 5.90. The average molecular weight is 650 g/mol. The molecule has 0 spiro atoms. The number of sulfonamides is 2. The van der Waals surface area contributed by atoms with E-state index in [9.17, 15) is 26.7 Å². The maximum absolute atomic E-state index is 13.5. The van der Waals surface area contributed by atoms with Crippen LogP contribution < -0.4 is 9.46 Å². The molecular formula is C30H36ClN3O7S2. The number of hydrogen-bond acceptors (Lipinski definition) is 7. The molecule has 1 aliphatic rings. The Morgan fingerprint density at radius 2 is 1.67 bits per heavy atom. The summed E-state index contributed by atoms with van der Waals surface area (Å²) in [6.45, 7) is 5.40. The van der Waals surface area contributed by atoms with Crippen molar-refractivity contribution >= 4 is 43.2 Å². The van der Waals surface area contributed by atoms with Crippen molar-refractivity contribution in [2.75, 3.05) is 31.5 Å². The number of benzene rings is 3. The first-order chi connectivity index (χ1) is 20.2. The van der Waals surface area contributed by atoms with Crippen LogP contribution in [0.4, 0.5) is 5.69 Å². The molecule has 232 valence electrons. The molecule has 0 fully saturated rings. The smallest absolute Gasteiger partial charge is 0.261 e. The van der Waals surface area contributed by atoms with E-state index in [1.54, 1.807) is 42.2 Å². The number of aliphatic hydroxyl groups excluding tert-OH is 1. The standard InChI is InChI=1S/C30H36ClN3O7S2/c1-20-5-10-27(11-6-20)43(39,40)33(4)18-29-21(2)17-34(22(3)19-35)30(36)16-23-15-25(9-14-28(23)41-29)32-42(37,38)26-12-7-24(31)8-13-26/h5-15,21-22,29,32,35H,16-19H2,1-4H3/t21-,22+,29-/m1/s1. The Morgan fingerprint density at radius 3 is 2.30 bits per heavy atom. The van der Waals surface area contributed by atoms with Crippen LogP contribution in [0.25, 0.3) is 0 Å². The molecule has 0 saturated heterocycles. The van der Waals surface area contributed by atoms with Crippen LogP contribution >= 0.6 is 11.6 Å². The number of aliphatic hydroxyl groups is 1. The van der Waals surface area contributed by atoms with E-state index >= 15 is 0 Å². The van der Waals surface area contributed by atoms with E-state index < -0.39 is 32.2 Å². The first-order valence-electron chi connectivity index (χ1n) is 13.7. The van der Waals surface area contributed by atoms with Gasteiger partial charge in [-0.25, -0.2) is 16.8 Å². The van der Waals surface area contributed by atoms with Gasteiger partial charge in [-0.3, -0.25) is 9.52 Å². The van der Waals surface area contributed by atoms with Gasteiger partial charge in [0, 0.05) is 35.8 Å². The normalized spacial score (nSPS) is 18.7. The molecule has 10 nitrogen and oxygen atoms in total. The van der Waals surface area contributed by atoms with Gasteiger partial charge in [0.15, 0.2) is 0 Å². The molecule has 0 aromatic heterocycles. The highest BCUT2D eigenvalue weighted by Crippen LogP contribution is 2.31. The van der Waals surface area contributed by atoms with Crippen molar-refractivity contribution in [2.45, 2.75) is 49.1 Å². The molecule has 4 rings (SSSR count). The van der Waals surface area contributed by atoms with Crippen molar-refractivity contribution < 1.29 is 31.5 Å².